The van der Waals surface area contributed by atoms with E-state index in [0.29, 0.717) is 0 Å². The lowest BCUT2D eigenvalue weighted by molar-refractivity contribution is 0.0692. The lowest BCUT2D eigenvalue weighted by Gasteiger charge is -2.15. The van der Waals surface area contributed by atoms with Crippen molar-refractivity contribution in [3.8, 4) is 11.5 Å². The molecule has 0 spiro atoms. The molecule has 0 aliphatic rings. The quantitative estimate of drug-likeness (QED) is 0.649. The highest BCUT2D eigenvalue weighted by molar-refractivity contribution is 7.89. The number of carboxylic acids is 1. The molecule has 21 heavy (non-hydrogen) atoms. The zero-order valence-electron chi connectivity index (χ0n) is 11.8. The van der Waals surface area contributed by atoms with Gasteiger partial charge in [0.05, 0.1) is 25.7 Å². The standard InChI is InChI=1S/C12H17NO7S/c1-7(6-14)13-21(17,18)8-4-9(12(15)16)11(20-3)10(5-8)19-2/h4-5,7,13-14H,6H2,1-3H3,(H,15,16)/t7-/m0/s1. The second kappa shape index (κ2) is 6.74. The Morgan fingerprint density at radius 1 is 1.33 bits per heavy atom. The van der Waals surface area contributed by atoms with Crippen molar-refractivity contribution in [3.05, 3.63) is 17.7 Å². The minimum Gasteiger partial charge on any atom is -0.493 e. The summed E-state index contributed by atoms with van der Waals surface area (Å²) in [4.78, 5) is 10.9. The maximum atomic E-state index is 12.1. The Bertz CT molecular complexity index is 627. The molecule has 0 aliphatic carbocycles. The third kappa shape index (κ3) is 3.84. The molecule has 9 heteroatoms. The van der Waals surface area contributed by atoms with Gasteiger partial charge in [-0.25, -0.2) is 17.9 Å². The van der Waals surface area contributed by atoms with Gasteiger partial charge in [0, 0.05) is 12.1 Å². The van der Waals surface area contributed by atoms with Crippen LogP contribution in [0.3, 0.4) is 0 Å². The van der Waals surface area contributed by atoms with Crippen LogP contribution in [0.1, 0.15) is 17.3 Å². The van der Waals surface area contributed by atoms with Crippen LogP contribution in [0.5, 0.6) is 11.5 Å². The largest absolute Gasteiger partial charge is 0.493 e. The summed E-state index contributed by atoms with van der Waals surface area (Å²) in [5, 5.41) is 18.0. The first-order valence-electron chi connectivity index (χ1n) is 5.89. The Balaban J connectivity index is 3.45. The fraction of sp³-hybridized carbons (Fsp3) is 0.417. The van der Waals surface area contributed by atoms with E-state index >= 15 is 0 Å². The molecule has 118 valence electrons. The molecule has 0 saturated heterocycles. The molecule has 0 aliphatic heterocycles. The van der Waals surface area contributed by atoms with E-state index in [-0.39, 0.29) is 22.0 Å². The van der Waals surface area contributed by atoms with Crippen LogP contribution in [0.15, 0.2) is 17.0 Å². The van der Waals surface area contributed by atoms with Crippen molar-refractivity contribution in [2.45, 2.75) is 17.9 Å². The van der Waals surface area contributed by atoms with Gasteiger partial charge < -0.3 is 19.7 Å². The van der Waals surface area contributed by atoms with Crippen LogP contribution in [0, 0.1) is 0 Å². The SMILES string of the molecule is COc1cc(S(=O)(=O)N[C@@H](C)CO)cc(C(=O)O)c1OC. The molecular weight excluding hydrogens is 302 g/mol. The topological polar surface area (TPSA) is 122 Å². The van der Waals surface area contributed by atoms with Crippen LogP contribution in [0.2, 0.25) is 0 Å². The molecule has 1 atom stereocenters. The highest BCUT2D eigenvalue weighted by Gasteiger charge is 2.24. The van der Waals surface area contributed by atoms with Gasteiger partial charge in [-0.15, -0.1) is 0 Å². The molecule has 0 aromatic heterocycles. The highest BCUT2D eigenvalue weighted by atomic mass is 32.2. The first-order valence-corrected chi connectivity index (χ1v) is 7.37. The molecule has 0 saturated carbocycles. The van der Waals surface area contributed by atoms with E-state index in [9.17, 15) is 13.2 Å². The summed E-state index contributed by atoms with van der Waals surface area (Å²) in [5.74, 6) is -1.44. The molecule has 0 heterocycles. The van der Waals surface area contributed by atoms with E-state index in [4.69, 9.17) is 19.7 Å². The van der Waals surface area contributed by atoms with Crippen LogP contribution < -0.4 is 14.2 Å². The van der Waals surface area contributed by atoms with Crippen molar-refractivity contribution in [1.29, 1.82) is 0 Å². The third-order valence-electron chi connectivity index (χ3n) is 2.62. The molecule has 0 fully saturated rings. The number of benzene rings is 1. The Morgan fingerprint density at radius 3 is 2.38 bits per heavy atom. The van der Waals surface area contributed by atoms with Gasteiger partial charge in [0.2, 0.25) is 10.0 Å². The Labute approximate surface area is 122 Å². The smallest absolute Gasteiger partial charge is 0.339 e. The number of carbonyl (C=O) groups is 1. The Hall–Kier alpha value is -1.84. The van der Waals surface area contributed by atoms with Gasteiger partial charge in [-0.2, -0.15) is 0 Å². The molecular formula is C12H17NO7S. The van der Waals surface area contributed by atoms with E-state index in [1.165, 1.54) is 21.1 Å². The van der Waals surface area contributed by atoms with Crippen LogP contribution in [-0.4, -0.2) is 51.5 Å². The van der Waals surface area contributed by atoms with Crippen LogP contribution >= 0.6 is 0 Å². The molecule has 3 N–H and O–H groups in total. The number of sulfonamides is 1. The third-order valence-corrected chi connectivity index (χ3v) is 4.19. The summed E-state index contributed by atoms with van der Waals surface area (Å²) in [5.41, 5.74) is -0.339. The number of aromatic carboxylic acids is 1. The molecule has 1 rings (SSSR count). The van der Waals surface area contributed by atoms with E-state index in [1.807, 2.05) is 0 Å². The average Bonchev–Trinajstić information content (AvgIpc) is 2.44. The zero-order chi connectivity index (χ0) is 16.2. The first kappa shape index (κ1) is 17.2. The van der Waals surface area contributed by atoms with Crippen molar-refractivity contribution in [3.63, 3.8) is 0 Å². The number of aliphatic hydroxyl groups excluding tert-OH is 1. The van der Waals surface area contributed by atoms with Crippen molar-refractivity contribution in [2.75, 3.05) is 20.8 Å². The minimum atomic E-state index is -3.99. The molecule has 1 aromatic rings. The molecule has 0 bridgehead atoms. The molecule has 8 nitrogen and oxygen atoms in total. The van der Waals surface area contributed by atoms with E-state index in [1.54, 1.807) is 0 Å². The van der Waals surface area contributed by atoms with Crippen molar-refractivity contribution >= 4 is 16.0 Å². The second-order valence-electron chi connectivity index (χ2n) is 4.22. The summed E-state index contributed by atoms with van der Waals surface area (Å²) < 4.78 is 36.4. The fourth-order valence-corrected chi connectivity index (χ4v) is 2.90. The summed E-state index contributed by atoms with van der Waals surface area (Å²) in [6, 6.07) is 1.41. The lowest BCUT2D eigenvalue weighted by Crippen LogP contribution is -2.35. The van der Waals surface area contributed by atoms with E-state index in [2.05, 4.69) is 4.72 Å². The molecule has 0 unspecified atom stereocenters. The van der Waals surface area contributed by atoms with Crippen LogP contribution in [-0.2, 0) is 10.0 Å². The number of hydrogen-bond acceptors (Lipinski definition) is 6. The number of carboxylic acid groups (broad SMARTS) is 1. The predicted octanol–water partition coefficient (Wildman–Crippen LogP) is 0.0611. The molecule has 0 radical (unpaired) electrons. The van der Waals surface area contributed by atoms with Gasteiger partial charge >= 0.3 is 5.97 Å². The monoisotopic (exact) mass is 319 g/mol. The predicted molar refractivity (Wildman–Crippen MR) is 73.4 cm³/mol. The number of rotatable bonds is 7. The van der Waals surface area contributed by atoms with Crippen LogP contribution in [0.25, 0.3) is 0 Å². The van der Waals surface area contributed by atoms with Crippen molar-refractivity contribution in [1.82, 2.24) is 4.72 Å². The van der Waals surface area contributed by atoms with Gasteiger partial charge in [-0.1, -0.05) is 0 Å². The first-order chi connectivity index (χ1) is 9.76. The Kier molecular flexibility index (Phi) is 5.53. The van der Waals surface area contributed by atoms with Crippen molar-refractivity contribution < 1.29 is 32.9 Å². The number of nitrogens with one attached hydrogen (secondary N) is 1. The average molecular weight is 319 g/mol. The molecule has 1 aromatic carbocycles. The number of methoxy groups -OCH3 is 2. The zero-order valence-corrected chi connectivity index (χ0v) is 12.6. The summed E-state index contributed by atoms with van der Waals surface area (Å²) in [7, 11) is -1.47. The number of aliphatic hydroxyl groups is 1. The van der Waals surface area contributed by atoms with Crippen LogP contribution in [0.4, 0.5) is 0 Å². The minimum absolute atomic E-state index is 0.0190. The number of hydrogen-bond donors (Lipinski definition) is 3. The van der Waals surface area contributed by atoms with Crippen molar-refractivity contribution in [2.24, 2.45) is 0 Å². The van der Waals surface area contributed by atoms with Gasteiger partial charge in [-0.05, 0) is 13.0 Å². The number of ether oxygens (including phenoxy) is 2. The van der Waals surface area contributed by atoms with Gasteiger partial charge in [0.1, 0.15) is 5.56 Å². The summed E-state index contributed by atoms with van der Waals surface area (Å²) in [6.07, 6.45) is 0. The van der Waals surface area contributed by atoms with Gasteiger partial charge in [-0.3, -0.25) is 0 Å². The summed E-state index contributed by atoms with van der Waals surface area (Å²) >= 11 is 0. The highest BCUT2D eigenvalue weighted by Crippen LogP contribution is 2.34. The van der Waals surface area contributed by atoms with E-state index < -0.39 is 28.6 Å². The second-order valence-corrected chi connectivity index (χ2v) is 5.93. The maximum absolute atomic E-state index is 12.1. The normalized spacial score (nSPS) is 12.8. The van der Waals surface area contributed by atoms with E-state index in [0.717, 1.165) is 12.1 Å². The van der Waals surface area contributed by atoms with Gasteiger partial charge in [0.15, 0.2) is 11.5 Å². The Morgan fingerprint density at radius 2 is 1.95 bits per heavy atom. The summed E-state index contributed by atoms with van der Waals surface area (Å²) in [6.45, 7) is 1.08. The van der Waals surface area contributed by atoms with Gasteiger partial charge in [0.25, 0.3) is 0 Å². The lowest BCUT2D eigenvalue weighted by atomic mass is 10.2. The fourth-order valence-electron chi connectivity index (χ4n) is 1.62. The molecule has 0 amide bonds. The maximum Gasteiger partial charge on any atom is 0.339 e.